The Kier molecular flexibility index (Phi) is 4.55. The summed E-state index contributed by atoms with van der Waals surface area (Å²) < 4.78 is 0. The van der Waals surface area contributed by atoms with E-state index in [-0.39, 0.29) is 0 Å². The Hall–Kier alpha value is -0.890. The lowest BCUT2D eigenvalue weighted by Crippen LogP contribution is -2.31. The highest BCUT2D eigenvalue weighted by molar-refractivity contribution is 5.13. The van der Waals surface area contributed by atoms with Crippen LogP contribution in [0.2, 0.25) is 0 Å². The van der Waals surface area contributed by atoms with Crippen LogP contribution in [-0.2, 0) is 0 Å². The third-order valence-electron chi connectivity index (χ3n) is 4.18. The molecule has 17 heavy (non-hydrogen) atoms. The monoisotopic (exact) mass is 232 g/mol. The molecule has 0 saturated heterocycles. The van der Waals surface area contributed by atoms with Gasteiger partial charge in [-0.2, -0.15) is 0 Å². The summed E-state index contributed by atoms with van der Waals surface area (Å²) in [5.74, 6) is 1.76. The second kappa shape index (κ2) is 6.15. The maximum Gasteiger partial charge on any atom is 0.0293 e. The molecule has 0 aliphatic heterocycles. The van der Waals surface area contributed by atoms with Gasteiger partial charge in [-0.05, 0) is 49.4 Å². The second-order valence-corrected chi connectivity index (χ2v) is 5.43. The van der Waals surface area contributed by atoms with Crippen molar-refractivity contribution in [2.75, 3.05) is 6.54 Å². The molecular weight excluding hydrogens is 208 g/mol. The SMILES string of the molecule is CC(NCC1CCCCC1C)c1ccncc1. The van der Waals surface area contributed by atoms with Crippen molar-refractivity contribution in [1.29, 1.82) is 0 Å². The van der Waals surface area contributed by atoms with Gasteiger partial charge in [0.05, 0.1) is 0 Å². The Morgan fingerprint density at radius 3 is 2.71 bits per heavy atom. The van der Waals surface area contributed by atoms with E-state index in [2.05, 4.69) is 36.3 Å². The van der Waals surface area contributed by atoms with E-state index < -0.39 is 0 Å². The molecule has 0 radical (unpaired) electrons. The van der Waals surface area contributed by atoms with Gasteiger partial charge in [0.25, 0.3) is 0 Å². The van der Waals surface area contributed by atoms with Crippen molar-refractivity contribution in [1.82, 2.24) is 10.3 Å². The van der Waals surface area contributed by atoms with Crippen LogP contribution in [0.4, 0.5) is 0 Å². The van der Waals surface area contributed by atoms with Crippen LogP contribution in [0.1, 0.15) is 51.1 Å². The van der Waals surface area contributed by atoms with Crippen LogP contribution in [0.3, 0.4) is 0 Å². The molecule has 0 amide bonds. The second-order valence-electron chi connectivity index (χ2n) is 5.43. The Labute approximate surface area is 105 Å². The first-order valence-electron chi connectivity index (χ1n) is 6.90. The Morgan fingerprint density at radius 2 is 2.00 bits per heavy atom. The van der Waals surface area contributed by atoms with Gasteiger partial charge < -0.3 is 5.32 Å². The molecule has 3 unspecified atom stereocenters. The number of hydrogen-bond acceptors (Lipinski definition) is 2. The van der Waals surface area contributed by atoms with Gasteiger partial charge in [-0.1, -0.05) is 26.2 Å². The molecule has 2 nitrogen and oxygen atoms in total. The molecule has 3 atom stereocenters. The summed E-state index contributed by atoms with van der Waals surface area (Å²) in [5.41, 5.74) is 1.34. The maximum absolute atomic E-state index is 4.06. The van der Waals surface area contributed by atoms with Crippen LogP contribution < -0.4 is 5.32 Å². The minimum Gasteiger partial charge on any atom is -0.310 e. The number of hydrogen-bond donors (Lipinski definition) is 1. The van der Waals surface area contributed by atoms with Crippen molar-refractivity contribution < 1.29 is 0 Å². The minimum atomic E-state index is 0.437. The van der Waals surface area contributed by atoms with Gasteiger partial charge in [0.15, 0.2) is 0 Å². The van der Waals surface area contributed by atoms with E-state index in [0.717, 1.165) is 18.4 Å². The zero-order valence-electron chi connectivity index (χ0n) is 11.0. The predicted octanol–water partition coefficient (Wildman–Crippen LogP) is 3.56. The summed E-state index contributed by atoms with van der Waals surface area (Å²) in [5, 5.41) is 3.67. The molecule has 1 aliphatic carbocycles. The van der Waals surface area contributed by atoms with E-state index >= 15 is 0 Å². The molecule has 1 aromatic heterocycles. The molecular formula is C15H24N2. The van der Waals surface area contributed by atoms with E-state index in [4.69, 9.17) is 0 Å². The number of nitrogens with zero attached hydrogens (tertiary/aromatic N) is 1. The van der Waals surface area contributed by atoms with E-state index in [1.807, 2.05) is 12.4 Å². The number of pyridine rings is 1. The first kappa shape index (κ1) is 12.6. The molecule has 0 aromatic carbocycles. The highest BCUT2D eigenvalue weighted by Gasteiger charge is 2.21. The van der Waals surface area contributed by atoms with Crippen LogP contribution >= 0.6 is 0 Å². The number of aromatic nitrogens is 1. The van der Waals surface area contributed by atoms with Gasteiger partial charge in [0.1, 0.15) is 0 Å². The van der Waals surface area contributed by atoms with Crippen molar-refractivity contribution in [3.8, 4) is 0 Å². The van der Waals surface area contributed by atoms with E-state index in [1.165, 1.54) is 31.2 Å². The van der Waals surface area contributed by atoms with Gasteiger partial charge in [0.2, 0.25) is 0 Å². The lowest BCUT2D eigenvalue weighted by Gasteiger charge is -2.30. The van der Waals surface area contributed by atoms with Crippen molar-refractivity contribution >= 4 is 0 Å². The van der Waals surface area contributed by atoms with Gasteiger partial charge in [0, 0.05) is 18.4 Å². The van der Waals surface area contributed by atoms with Gasteiger partial charge in [-0.15, -0.1) is 0 Å². The Morgan fingerprint density at radius 1 is 1.29 bits per heavy atom. The third-order valence-corrected chi connectivity index (χ3v) is 4.18. The van der Waals surface area contributed by atoms with E-state index in [0.29, 0.717) is 6.04 Å². The quantitative estimate of drug-likeness (QED) is 0.858. The molecule has 1 saturated carbocycles. The van der Waals surface area contributed by atoms with E-state index in [1.54, 1.807) is 0 Å². The first-order chi connectivity index (χ1) is 8.27. The van der Waals surface area contributed by atoms with E-state index in [9.17, 15) is 0 Å². The third kappa shape index (κ3) is 3.53. The molecule has 1 aliphatic rings. The number of rotatable bonds is 4. The fraction of sp³-hybridized carbons (Fsp3) is 0.667. The van der Waals surface area contributed by atoms with Gasteiger partial charge >= 0.3 is 0 Å². The zero-order valence-corrected chi connectivity index (χ0v) is 11.0. The average Bonchev–Trinajstić information content (AvgIpc) is 2.38. The standard InChI is InChI=1S/C15H24N2/c1-12-5-3-4-6-15(12)11-17-13(2)14-7-9-16-10-8-14/h7-10,12-13,15,17H,3-6,11H2,1-2H3. The molecule has 1 heterocycles. The lowest BCUT2D eigenvalue weighted by molar-refractivity contribution is 0.242. The molecule has 1 fully saturated rings. The van der Waals surface area contributed by atoms with Crippen LogP contribution in [0, 0.1) is 11.8 Å². The normalized spacial score (nSPS) is 26.7. The fourth-order valence-electron chi connectivity index (χ4n) is 2.79. The molecule has 1 N–H and O–H groups in total. The van der Waals surface area contributed by atoms with Gasteiger partial charge in [-0.25, -0.2) is 0 Å². The molecule has 2 rings (SSSR count). The summed E-state index contributed by atoms with van der Waals surface area (Å²) in [7, 11) is 0. The maximum atomic E-state index is 4.06. The van der Waals surface area contributed by atoms with Crippen molar-refractivity contribution in [3.05, 3.63) is 30.1 Å². The zero-order chi connectivity index (χ0) is 12.1. The van der Waals surface area contributed by atoms with Gasteiger partial charge in [-0.3, -0.25) is 4.98 Å². The highest BCUT2D eigenvalue weighted by Crippen LogP contribution is 2.29. The minimum absolute atomic E-state index is 0.437. The Balaban J connectivity index is 1.81. The summed E-state index contributed by atoms with van der Waals surface area (Å²) in [6.45, 7) is 5.80. The van der Waals surface area contributed by atoms with Crippen LogP contribution in [-0.4, -0.2) is 11.5 Å². The largest absolute Gasteiger partial charge is 0.310 e. The van der Waals surface area contributed by atoms with Crippen molar-refractivity contribution in [2.45, 2.75) is 45.6 Å². The fourth-order valence-corrected chi connectivity index (χ4v) is 2.79. The Bertz CT molecular complexity index is 323. The van der Waals surface area contributed by atoms with Crippen molar-refractivity contribution in [2.24, 2.45) is 11.8 Å². The summed E-state index contributed by atoms with van der Waals surface area (Å²) in [4.78, 5) is 4.06. The lowest BCUT2D eigenvalue weighted by atomic mass is 9.80. The molecule has 0 bridgehead atoms. The topological polar surface area (TPSA) is 24.9 Å². The summed E-state index contributed by atoms with van der Waals surface area (Å²) in [6.07, 6.45) is 9.40. The summed E-state index contributed by atoms with van der Waals surface area (Å²) >= 11 is 0. The average molecular weight is 232 g/mol. The van der Waals surface area contributed by atoms with Crippen LogP contribution in [0.25, 0.3) is 0 Å². The molecule has 1 aromatic rings. The molecule has 94 valence electrons. The predicted molar refractivity (Wildman–Crippen MR) is 71.8 cm³/mol. The molecule has 2 heteroatoms. The smallest absolute Gasteiger partial charge is 0.0293 e. The molecule has 0 spiro atoms. The highest BCUT2D eigenvalue weighted by atomic mass is 14.9. The van der Waals surface area contributed by atoms with Crippen molar-refractivity contribution in [3.63, 3.8) is 0 Å². The van der Waals surface area contributed by atoms with Crippen LogP contribution in [0.15, 0.2) is 24.5 Å². The van der Waals surface area contributed by atoms with Crippen LogP contribution in [0.5, 0.6) is 0 Å². The summed E-state index contributed by atoms with van der Waals surface area (Å²) in [6, 6.07) is 4.64. The first-order valence-corrected chi connectivity index (χ1v) is 6.90. The number of nitrogens with one attached hydrogen (secondary N) is 1.